The van der Waals surface area contributed by atoms with E-state index in [0.29, 0.717) is 16.3 Å². The first kappa shape index (κ1) is 19.4. The molecule has 0 aromatic heterocycles. The van der Waals surface area contributed by atoms with Gasteiger partial charge in [0.15, 0.2) is 0 Å². The van der Waals surface area contributed by atoms with E-state index in [2.05, 4.69) is 5.32 Å². The van der Waals surface area contributed by atoms with Crippen molar-refractivity contribution in [3.05, 3.63) is 88.0 Å². The number of aryl methyl sites for hydroxylation is 1. The molecule has 0 bridgehead atoms. The third-order valence-electron chi connectivity index (χ3n) is 4.01. The summed E-state index contributed by atoms with van der Waals surface area (Å²) in [5.41, 5.74) is 1.81. The maximum atomic E-state index is 12.5. The topological polar surface area (TPSA) is 81.5 Å². The molecule has 1 N–H and O–H groups in total. The van der Waals surface area contributed by atoms with E-state index < -0.39 is 10.8 Å². The number of nitrogens with one attached hydrogen (secondary N) is 1. The van der Waals surface area contributed by atoms with E-state index in [0.717, 1.165) is 10.5 Å². The molecule has 3 aromatic carbocycles. The largest absolute Gasteiger partial charge is 0.497 e. The van der Waals surface area contributed by atoms with Gasteiger partial charge in [0.2, 0.25) is 0 Å². The van der Waals surface area contributed by atoms with Crippen LogP contribution >= 0.6 is 11.8 Å². The number of anilines is 1. The smallest absolute Gasteiger partial charge is 0.284 e. The van der Waals surface area contributed by atoms with Crippen molar-refractivity contribution in [2.24, 2.45) is 0 Å². The van der Waals surface area contributed by atoms with Crippen LogP contribution in [0.4, 0.5) is 11.4 Å². The highest BCUT2D eigenvalue weighted by atomic mass is 32.2. The van der Waals surface area contributed by atoms with Crippen LogP contribution in [0.1, 0.15) is 15.9 Å². The standard InChI is InChI=1S/C21H18N2O4S/c1-14-3-10-18(11-4-14)28-20-12-5-15(13-19(20)23(25)26)21(24)22-16-6-8-17(27-2)9-7-16/h3-13H,1-2H3,(H,22,24). The minimum atomic E-state index is -0.472. The Bertz CT molecular complexity index is 1000. The molecule has 1 amide bonds. The number of benzene rings is 3. The molecule has 6 nitrogen and oxygen atoms in total. The van der Waals surface area contributed by atoms with Gasteiger partial charge in [-0.1, -0.05) is 29.5 Å². The summed E-state index contributed by atoms with van der Waals surface area (Å²) < 4.78 is 5.08. The molecular formula is C21H18N2O4S. The normalized spacial score (nSPS) is 10.4. The van der Waals surface area contributed by atoms with E-state index in [9.17, 15) is 14.9 Å². The van der Waals surface area contributed by atoms with Crippen LogP contribution < -0.4 is 10.1 Å². The Labute approximate surface area is 166 Å². The van der Waals surface area contributed by atoms with Crippen LogP contribution in [0.5, 0.6) is 5.75 Å². The molecule has 3 aromatic rings. The highest BCUT2D eigenvalue weighted by Gasteiger charge is 2.18. The van der Waals surface area contributed by atoms with Gasteiger partial charge >= 0.3 is 0 Å². The third kappa shape index (κ3) is 4.69. The fourth-order valence-electron chi connectivity index (χ4n) is 2.50. The van der Waals surface area contributed by atoms with Crippen molar-refractivity contribution in [3.8, 4) is 5.75 Å². The third-order valence-corrected chi connectivity index (χ3v) is 5.09. The van der Waals surface area contributed by atoms with Crippen LogP contribution in [0.3, 0.4) is 0 Å². The Balaban J connectivity index is 1.81. The number of rotatable bonds is 6. The summed E-state index contributed by atoms with van der Waals surface area (Å²) in [6, 6.07) is 19.1. The highest BCUT2D eigenvalue weighted by Crippen LogP contribution is 2.35. The second-order valence-corrected chi connectivity index (χ2v) is 7.15. The van der Waals surface area contributed by atoms with Gasteiger partial charge in [-0.2, -0.15) is 0 Å². The number of nitro benzene ring substituents is 1. The summed E-state index contributed by atoms with van der Waals surface area (Å²) in [6.45, 7) is 1.98. The first-order valence-corrected chi connectivity index (χ1v) is 9.26. The number of hydrogen-bond donors (Lipinski definition) is 1. The molecule has 0 atom stereocenters. The lowest BCUT2D eigenvalue weighted by Gasteiger charge is -2.08. The minimum absolute atomic E-state index is 0.104. The van der Waals surface area contributed by atoms with Crippen LogP contribution in [0, 0.1) is 17.0 Å². The number of hydrogen-bond acceptors (Lipinski definition) is 5. The molecule has 0 unspecified atom stereocenters. The zero-order valence-corrected chi connectivity index (χ0v) is 16.2. The van der Waals surface area contributed by atoms with Gasteiger partial charge in [-0.25, -0.2) is 0 Å². The molecule has 0 saturated carbocycles. The lowest BCUT2D eigenvalue weighted by atomic mass is 10.2. The number of amides is 1. The van der Waals surface area contributed by atoms with Crippen LogP contribution in [-0.2, 0) is 0 Å². The van der Waals surface area contributed by atoms with Gasteiger partial charge in [-0.15, -0.1) is 0 Å². The SMILES string of the molecule is COc1ccc(NC(=O)c2ccc(Sc3ccc(C)cc3)c([N+](=O)[O-])c2)cc1. The van der Waals surface area contributed by atoms with E-state index in [1.165, 1.54) is 17.8 Å². The van der Waals surface area contributed by atoms with Crippen molar-refractivity contribution in [2.45, 2.75) is 16.7 Å². The van der Waals surface area contributed by atoms with Gasteiger partial charge in [-0.05, 0) is 55.5 Å². The lowest BCUT2D eigenvalue weighted by Crippen LogP contribution is -2.12. The van der Waals surface area contributed by atoms with E-state index in [4.69, 9.17) is 4.74 Å². The summed E-state index contributed by atoms with van der Waals surface area (Å²) in [6.07, 6.45) is 0. The summed E-state index contributed by atoms with van der Waals surface area (Å²) in [7, 11) is 1.56. The molecule has 0 radical (unpaired) electrons. The molecule has 0 heterocycles. The summed E-state index contributed by atoms with van der Waals surface area (Å²) in [4.78, 5) is 24.9. The first-order valence-electron chi connectivity index (χ1n) is 8.44. The average molecular weight is 394 g/mol. The fourth-order valence-corrected chi connectivity index (χ4v) is 3.40. The Kier molecular flexibility index (Phi) is 5.96. The molecule has 0 aliphatic carbocycles. The zero-order valence-electron chi connectivity index (χ0n) is 15.3. The molecule has 0 fully saturated rings. The van der Waals surface area contributed by atoms with Crippen molar-refractivity contribution in [3.63, 3.8) is 0 Å². The van der Waals surface area contributed by atoms with Crippen LogP contribution in [0.25, 0.3) is 0 Å². The second-order valence-electron chi connectivity index (χ2n) is 6.04. The number of carbonyl (C=O) groups is 1. The van der Waals surface area contributed by atoms with E-state index in [-0.39, 0.29) is 11.3 Å². The number of nitrogens with zero attached hydrogens (tertiary/aromatic N) is 1. The van der Waals surface area contributed by atoms with Gasteiger partial charge in [-0.3, -0.25) is 14.9 Å². The Morgan fingerprint density at radius 2 is 1.71 bits per heavy atom. The average Bonchev–Trinajstić information content (AvgIpc) is 2.70. The predicted molar refractivity (Wildman–Crippen MR) is 109 cm³/mol. The van der Waals surface area contributed by atoms with Gasteiger partial charge in [0, 0.05) is 22.2 Å². The van der Waals surface area contributed by atoms with Crippen molar-refractivity contribution >= 4 is 29.0 Å². The molecule has 0 aliphatic heterocycles. The monoisotopic (exact) mass is 394 g/mol. The van der Waals surface area contributed by atoms with Gasteiger partial charge in [0.1, 0.15) is 5.75 Å². The lowest BCUT2D eigenvalue weighted by molar-refractivity contribution is -0.387. The molecule has 0 spiro atoms. The molecule has 0 saturated heterocycles. The van der Waals surface area contributed by atoms with Crippen LogP contribution in [0.15, 0.2) is 76.5 Å². The van der Waals surface area contributed by atoms with Crippen molar-refractivity contribution in [1.82, 2.24) is 0 Å². The quantitative estimate of drug-likeness (QED) is 0.452. The number of methoxy groups -OCH3 is 1. The Morgan fingerprint density at radius 3 is 2.32 bits per heavy atom. The highest BCUT2D eigenvalue weighted by molar-refractivity contribution is 7.99. The van der Waals surface area contributed by atoms with Gasteiger partial charge < -0.3 is 10.1 Å². The first-order chi connectivity index (χ1) is 13.5. The molecule has 142 valence electrons. The van der Waals surface area contributed by atoms with Crippen LogP contribution in [0.2, 0.25) is 0 Å². The van der Waals surface area contributed by atoms with Gasteiger partial charge in [0.05, 0.1) is 16.9 Å². The molecule has 3 rings (SSSR count). The Morgan fingerprint density at radius 1 is 1.04 bits per heavy atom. The van der Waals surface area contributed by atoms with Gasteiger partial charge in [0.25, 0.3) is 11.6 Å². The Hall–Kier alpha value is -3.32. The van der Waals surface area contributed by atoms with Crippen molar-refractivity contribution in [2.75, 3.05) is 12.4 Å². The molecule has 0 aliphatic rings. The second kappa shape index (κ2) is 8.58. The summed E-state index contributed by atoms with van der Waals surface area (Å²) in [5, 5.41) is 14.2. The zero-order chi connectivity index (χ0) is 20.1. The number of ether oxygens (including phenoxy) is 1. The fraction of sp³-hybridized carbons (Fsp3) is 0.0952. The predicted octanol–water partition coefficient (Wildman–Crippen LogP) is 5.32. The van der Waals surface area contributed by atoms with E-state index >= 15 is 0 Å². The molecule has 7 heteroatoms. The summed E-state index contributed by atoms with van der Waals surface area (Å²) >= 11 is 1.29. The van der Waals surface area contributed by atoms with E-state index in [1.54, 1.807) is 43.5 Å². The minimum Gasteiger partial charge on any atom is -0.497 e. The van der Waals surface area contributed by atoms with Crippen molar-refractivity contribution < 1.29 is 14.5 Å². The summed E-state index contributed by atoms with van der Waals surface area (Å²) in [5.74, 6) is 0.256. The maximum absolute atomic E-state index is 12.5. The maximum Gasteiger partial charge on any atom is 0.284 e. The number of carbonyl (C=O) groups excluding carboxylic acids is 1. The van der Waals surface area contributed by atoms with E-state index in [1.807, 2.05) is 31.2 Å². The van der Waals surface area contributed by atoms with Crippen molar-refractivity contribution in [1.29, 1.82) is 0 Å². The molecular weight excluding hydrogens is 376 g/mol. The van der Waals surface area contributed by atoms with Crippen LogP contribution in [-0.4, -0.2) is 17.9 Å². The number of nitro groups is 1. The molecule has 28 heavy (non-hydrogen) atoms.